The summed E-state index contributed by atoms with van der Waals surface area (Å²) in [5, 5.41) is 8.71. The molecule has 0 aliphatic carbocycles. The fraction of sp³-hybridized carbons (Fsp3) is 0.579. The largest absolute Gasteiger partial charge is 0.379 e. The third kappa shape index (κ3) is 5.18. The number of carbonyl (C=O) groups excluding carboxylic acids is 2. The van der Waals surface area contributed by atoms with Crippen molar-refractivity contribution in [2.75, 3.05) is 50.2 Å². The summed E-state index contributed by atoms with van der Waals surface area (Å²) >= 11 is 0. The molecule has 0 aromatic heterocycles. The Labute approximate surface area is 159 Å². The molecule has 2 fully saturated rings. The minimum Gasteiger partial charge on any atom is -0.379 e. The van der Waals surface area contributed by atoms with Gasteiger partial charge in [0.2, 0.25) is 5.91 Å². The maximum absolute atomic E-state index is 12.5. The van der Waals surface area contributed by atoms with Gasteiger partial charge in [-0.25, -0.2) is 4.79 Å². The van der Waals surface area contributed by atoms with Gasteiger partial charge in [0.05, 0.1) is 38.5 Å². The molecule has 0 radical (unpaired) electrons. The van der Waals surface area contributed by atoms with Crippen LogP contribution < -0.4 is 16.0 Å². The number of nitrogens with one attached hydrogen (secondary N) is 3. The molecule has 3 rings (SSSR count). The van der Waals surface area contributed by atoms with Crippen LogP contribution in [0.25, 0.3) is 0 Å². The first-order valence-corrected chi connectivity index (χ1v) is 9.44. The van der Waals surface area contributed by atoms with E-state index in [1.807, 2.05) is 19.1 Å². The van der Waals surface area contributed by atoms with Gasteiger partial charge in [0, 0.05) is 30.9 Å². The highest BCUT2D eigenvalue weighted by Gasteiger charge is 2.34. The molecule has 0 bridgehead atoms. The Kier molecular flexibility index (Phi) is 6.65. The van der Waals surface area contributed by atoms with Crippen molar-refractivity contribution in [2.45, 2.75) is 32.4 Å². The molecular weight excluding hydrogens is 348 g/mol. The average Bonchev–Trinajstić information content (AvgIpc) is 3.13. The van der Waals surface area contributed by atoms with Gasteiger partial charge in [0.25, 0.3) is 0 Å². The molecule has 2 aliphatic heterocycles. The van der Waals surface area contributed by atoms with Gasteiger partial charge in [-0.1, -0.05) is 13.0 Å². The number of hydrogen-bond donors (Lipinski definition) is 3. The van der Waals surface area contributed by atoms with Crippen LogP contribution in [0.15, 0.2) is 18.2 Å². The SMILES string of the molecule is CCC(=O)Nc1cc(NC(=O)N[C@@H]2COC[C@H]2N2CCOCC2)ccc1C. The van der Waals surface area contributed by atoms with Crippen LogP contribution in [0, 0.1) is 6.92 Å². The molecule has 0 unspecified atom stereocenters. The fourth-order valence-electron chi connectivity index (χ4n) is 3.36. The van der Waals surface area contributed by atoms with E-state index in [0.29, 0.717) is 44.2 Å². The van der Waals surface area contributed by atoms with Crippen LogP contribution in [0.3, 0.4) is 0 Å². The van der Waals surface area contributed by atoms with Gasteiger partial charge in [-0.2, -0.15) is 0 Å². The molecule has 2 atom stereocenters. The molecule has 0 spiro atoms. The third-order valence-electron chi connectivity index (χ3n) is 4.97. The van der Waals surface area contributed by atoms with E-state index in [9.17, 15) is 9.59 Å². The van der Waals surface area contributed by atoms with Crippen LogP contribution in [0.4, 0.5) is 16.2 Å². The smallest absolute Gasteiger partial charge is 0.319 e. The van der Waals surface area contributed by atoms with Crippen LogP contribution in [0.2, 0.25) is 0 Å². The first kappa shape index (κ1) is 19.6. The number of benzene rings is 1. The normalized spacial score (nSPS) is 23.0. The van der Waals surface area contributed by atoms with Crippen molar-refractivity contribution in [1.82, 2.24) is 10.2 Å². The van der Waals surface area contributed by atoms with E-state index in [2.05, 4.69) is 20.9 Å². The van der Waals surface area contributed by atoms with E-state index in [1.165, 1.54) is 0 Å². The molecule has 8 heteroatoms. The Morgan fingerprint density at radius 1 is 1.15 bits per heavy atom. The first-order chi connectivity index (χ1) is 13.1. The van der Waals surface area contributed by atoms with Crippen LogP contribution in [-0.2, 0) is 14.3 Å². The van der Waals surface area contributed by atoms with Crippen molar-refractivity contribution in [2.24, 2.45) is 0 Å². The zero-order valence-corrected chi connectivity index (χ0v) is 15.9. The summed E-state index contributed by atoms with van der Waals surface area (Å²) in [7, 11) is 0. The number of carbonyl (C=O) groups is 2. The topological polar surface area (TPSA) is 91.9 Å². The van der Waals surface area contributed by atoms with Crippen molar-refractivity contribution in [3.63, 3.8) is 0 Å². The van der Waals surface area contributed by atoms with E-state index in [1.54, 1.807) is 13.0 Å². The van der Waals surface area contributed by atoms with E-state index in [0.717, 1.165) is 18.7 Å². The molecule has 2 aliphatic rings. The van der Waals surface area contributed by atoms with Gasteiger partial charge in [-0.05, 0) is 24.6 Å². The number of hydrogen-bond acceptors (Lipinski definition) is 5. The second-order valence-corrected chi connectivity index (χ2v) is 6.89. The standard InChI is InChI=1S/C19H28N4O4/c1-3-18(24)21-15-10-14(5-4-13(15)2)20-19(25)22-16-11-27-12-17(16)23-6-8-26-9-7-23/h4-5,10,16-17H,3,6-9,11-12H2,1-2H3,(H,21,24)(H2,20,22,25)/t16-,17-/m1/s1. The quantitative estimate of drug-likeness (QED) is 0.725. The number of rotatable bonds is 5. The molecule has 3 N–H and O–H groups in total. The minimum absolute atomic E-state index is 0.0591. The highest BCUT2D eigenvalue weighted by atomic mass is 16.5. The van der Waals surface area contributed by atoms with Crippen LogP contribution in [0.1, 0.15) is 18.9 Å². The van der Waals surface area contributed by atoms with E-state index >= 15 is 0 Å². The molecule has 2 saturated heterocycles. The average molecular weight is 376 g/mol. The van der Waals surface area contributed by atoms with E-state index in [4.69, 9.17) is 9.47 Å². The first-order valence-electron chi connectivity index (χ1n) is 9.44. The maximum atomic E-state index is 12.5. The third-order valence-corrected chi connectivity index (χ3v) is 4.97. The zero-order chi connectivity index (χ0) is 19.2. The molecule has 2 heterocycles. The summed E-state index contributed by atoms with van der Waals surface area (Å²) in [6, 6.07) is 5.29. The van der Waals surface area contributed by atoms with Crippen molar-refractivity contribution < 1.29 is 19.1 Å². The fourth-order valence-corrected chi connectivity index (χ4v) is 3.36. The Bertz CT molecular complexity index is 676. The highest BCUT2D eigenvalue weighted by molar-refractivity contribution is 5.94. The van der Waals surface area contributed by atoms with E-state index in [-0.39, 0.29) is 24.0 Å². The van der Waals surface area contributed by atoms with Crippen molar-refractivity contribution in [3.05, 3.63) is 23.8 Å². The molecule has 1 aromatic rings. The molecule has 27 heavy (non-hydrogen) atoms. The number of morpholine rings is 1. The van der Waals surface area contributed by atoms with Gasteiger partial charge in [0.1, 0.15) is 0 Å². The monoisotopic (exact) mass is 376 g/mol. The Balaban J connectivity index is 1.58. The molecule has 1 aromatic carbocycles. The van der Waals surface area contributed by atoms with Gasteiger partial charge >= 0.3 is 6.03 Å². The molecule has 3 amide bonds. The summed E-state index contributed by atoms with van der Waals surface area (Å²) in [5.41, 5.74) is 2.28. The molecule has 0 saturated carbocycles. The summed E-state index contributed by atoms with van der Waals surface area (Å²) in [6.07, 6.45) is 0.405. The summed E-state index contributed by atoms with van der Waals surface area (Å²) < 4.78 is 11.0. The Morgan fingerprint density at radius 3 is 2.67 bits per heavy atom. The van der Waals surface area contributed by atoms with Gasteiger partial charge in [-0.15, -0.1) is 0 Å². The lowest BCUT2D eigenvalue weighted by Crippen LogP contribution is -2.54. The van der Waals surface area contributed by atoms with Gasteiger partial charge in [0.15, 0.2) is 0 Å². The Hall–Kier alpha value is -2.16. The number of nitrogens with zero attached hydrogens (tertiary/aromatic N) is 1. The lowest BCUT2D eigenvalue weighted by molar-refractivity contribution is -0.115. The predicted molar refractivity (Wildman–Crippen MR) is 103 cm³/mol. The number of anilines is 2. The number of aryl methyl sites for hydroxylation is 1. The lowest BCUT2D eigenvalue weighted by atomic mass is 10.1. The number of urea groups is 1. The summed E-state index contributed by atoms with van der Waals surface area (Å²) in [6.45, 7) is 7.96. The van der Waals surface area contributed by atoms with Crippen LogP contribution in [-0.4, -0.2) is 68.4 Å². The van der Waals surface area contributed by atoms with Crippen LogP contribution >= 0.6 is 0 Å². The summed E-state index contributed by atoms with van der Waals surface area (Å²) in [4.78, 5) is 26.4. The van der Waals surface area contributed by atoms with Crippen molar-refractivity contribution >= 4 is 23.3 Å². The summed E-state index contributed by atoms with van der Waals surface area (Å²) in [5.74, 6) is -0.0591. The predicted octanol–water partition coefficient (Wildman–Crippen LogP) is 1.56. The van der Waals surface area contributed by atoms with Crippen LogP contribution in [0.5, 0.6) is 0 Å². The molecule has 8 nitrogen and oxygen atoms in total. The highest BCUT2D eigenvalue weighted by Crippen LogP contribution is 2.21. The maximum Gasteiger partial charge on any atom is 0.319 e. The second-order valence-electron chi connectivity index (χ2n) is 6.89. The van der Waals surface area contributed by atoms with E-state index < -0.39 is 0 Å². The molecule has 148 valence electrons. The van der Waals surface area contributed by atoms with Crippen molar-refractivity contribution in [3.8, 4) is 0 Å². The Morgan fingerprint density at radius 2 is 1.93 bits per heavy atom. The van der Waals surface area contributed by atoms with Gasteiger partial charge < -0.3 is 25.4 Å². The lowest BCUT2D eigenvalue weighted by Gasteiger charge is -2.34. The number of amides is 3. The van der Waals surface area contributed by atoms with Crippen molar-refractivity contribution in [1.29, 1.82) is 0 Å². The zero-order valence-electron chi connectivity index (χ0n) is 15.9. The second kappa shape index (κ2) is 9.16. The minimum atomic E-state index is -0.277. The van der Waals surface area contributed by atoms with Gasteiger partial charge in [-0.3, -0.25) is 9.69 Å². The molecular formula is C19H28N4O4. The number of ether oxygens (including phenoxy) is 2.